The Morgan fingerprint density at radius 2 is 1.91 bits per heavy atom. The van der Waals surface area contributed by atoms with Crippen molar-refractivity contribution in [3.05, 3.63) is 73.3 Å². The molecular formula is C15H8ClNO5. The lowest BCUT2D eigenvalue weighted by molar-refractivity contribution is -0.402. The summed E-state index contributed by atoms with van der Waals surface area (Å²) in [6.45, 7) is 0. The predicted molar refractivity (Wildman–Crippen MR) is 81.8 cm³/mol. The van der Waals surface area contributed by atoms with E-state index in [0.717, 1.165) is 0 Å². The largest absolute Gasteiger partial charge is 0.433 e. The van der Waals surface area contributed by atoms with Gasteiger partial charge in [0, 0.05) is 22.5 Å². The molecule has 7 heteroatoms. The van der Waals surface area contributed by atoms with Crippen LogP contribution < -0.4 is 5.63 Å². The number of hydrogen-bond donors (Lipinski definition) is 0. The van der Waals surface area contributed by atoms with Crippen LogP contribution in [0, 0.1) is 10.1 Å². The van der Waals surface area contributed by atoms with Crippen molar-refractivity contribution in [2.24, 2.45) is 0 Å². The molecule has 0 unspecified atom stereocenters. The molecule has 6 nitrogen and oxygen atoms in total. The Hall–Kier alpha value is -2.86. The quantitative estimate of drug-likeness (QED) is 0.412. The van der Waals surface area contributed by atoms with Crippen LogP contribution in [0.25, 0.3) is 23.1 Å². The molecule has 2 aromatic heterocycles. The van der Waals surface area contributed by atoms with Gasteiger partial charge < -0.3 is 8.83 Å². The zero-order chi connectivity index (χ0) is 15.7. The molecule has 0 radical (unpaired) electrons. The minimum absolute atomic E-state index is 0.307. The highest BCUT2D eigenvalue weighted by molar-refractivity contribution is 6.31. The van der Waals surface area contributed by atoms with Crippen LogP contribution in [-0.4, -0.2) is 4.92 Å². The number of hydrogen-bond acceptors (Lipinski definition) is 5. The van der Waals surface area contributed by atoms with E-state index in [1.165, 1.54) is 24.3 Å². The molecule has 0 atom stereocenters. The molecule has 3 rings (SSSR count). The maximum atomic E-state index is 11.6. The van der Waals surface area contributed by atoms with Gasteiger partial charge in [-0.05, 0) is 29.8 Å². The molecule has 0 aliphatic heterocycles. The molecule has 0 saturated carbocycles. The zero-order valence-corrected chi connectivity index (χ0v) is 11.7. The molecule has 1 aromatic carbocycles. The lowest BCUT2D eigenvalue weighted by atomic mass is 10.1. The SMILES string of the molecule is O=c1cc(/C=C/c2ccc([N+](=O)[O-])o2)c2ccc(Cl)cc2o1. The van der Waals surface area contributed by atoms with Crippen LogP contribution in [-0.2, 0) is 0 Å². The smallest absolute Gasteiger partial charge is 0.423 e. The number of nitro groups is 1. The third-order valence-corrected chi connectivity index (χ3v) is 3.19. The number of benzene rings is 1. The number of fused-ring (bicyclic) bond motifs is 1. The van der Waals surface area contributed by atoms with Gasteiger partial charge in [0.05, 0.1) is 6.07 Å². The van der Waals surface area contributed by atoms with Gasteiger partial charge in [0.2, 0.25) is 0 Å². The van der Waals surface area contributed by atoms with Crippen LogP contribution in [0.2, 0.25) is 5.02 Å². The van der Waals surface area contributed by atoms with Crippen molar-refractivity contribution in [2.75, 3.05) is 0 Å². The van der Waals surface area contributed by atoms with Crippen molar-refractivity contribution < 1.29 is 13.8 Å². The number of nitrogens with zero attached hydrogens (tertiary/aromatic N) is 1. The van der Waals surface area contributed by atoms with Crippen molar-refractivity contribution in [1.29, 1.82) is 0 Å². The second-order valence-corrected chi connectivity index (χ2v) is 4.86. The van der Waals surface area contributed by atoms with E-state index in [4.69, 9.17) is 20.4 Å². The van der Waals surface area contributed by atoms with E-state index in [-0.39, 0.29) is 5.88 Å². The Bertz CT molecular complexity index is 954. The highest BCUT2D eigenvalue weighted by Gasteiger charge is 2.10. The van der Waals surface area contributed by atoms with Gasteiger partial charge >= 0.3 is 11.5 Å². The molecule has 22 heavy (non-hydrogen) atoms. The molecule has 2 heterocycles. The van der Waals surface area contributed by atoms with Crippen LogP contribution in [0.1, 0.15) is 11.3 Å². The Kier molecular flexibility index (Phi) is 3.52. The van der Waals surface area contributed by atoms with E-state index in [1.807, 2.05) is 0 Å². The average Bonchev–Trinajstić information content (AvgIpc) is 2.93. The molecule has 3 aromatic rings. The molecule has 0 spiro atoms. The van der Waals surface area contributed by atoms with E-state index in [1.54, 1.807) is 24.3 Å². The summed E-state index contributed by atoms with van der Waals surface area (Å²) in [4.78, 5) is 21.5. The third-order valence-electron chi connectivity index (χ3n) is 2.96. The minimum Gasteiger partial charge on any atom is -0.423 e. The maximum absolute atomic E-state index is 11.6. The van der Waals surface area contributed by atoms with E-state index < -0.39 is 10.5 Å². The average molecular weight is 318 g/mol. The van der Waals surface area contributed by atoms with Gasteiger partial charge in [-0.3, -0.25) is 10.1 Å². The molecule has 0 saturated heterocycles. The van der Waals surface area contributed by atoms with Crippen LogP contribution in [0.3, 0.4) is 0 Å². The standard InChI is InChI=1S/C15H8ClNO5/c16-10-2-5-12-9(7-15(18)22-13(12)8-10)1-3-11-4-6-14(21-11)17(19)20/h1-8H/b3-1+. The summed E-state index contributed by atoms with van der Waals surface area (Å²) in [5.74, 6) is -0.0362. The maximum Gasteiger partial charge on any atom is 0.433 e. The lowest BCUT2D eigenvalue weighted by Gasteiger charge is -2.00. The van der Waals surface area contributed by atoms with Gasteiger partial charge in [-0.1, -0.05) is 17.7 Å². The minimum atomic E-state index is -0.619. The zero-order valence-electron chi connectivity index (χ0n) is 11.0. The second-order valence-electron chi connectivity index (χ2n) is 4.43. The van der Waals surface area contributed by atoms with Crippen molar-refractivity contribution >= 4 is 40.6 Å². The summed E-state index contributed by atoms with van der Waals surface area (Å²) < 4.78 is 10.1. The molecule has 0 amide bonds. The fraction of sp³-hybridized carbons (Fsp3) is 0. The Morgan fingerprint density at radius 3 is 2.64 bits per heavy atom. The normalized spacial score (nSPS) is 11.3. The van der Waals surface area contributed by atoms with Crippen LogP contribution >= 0.6 is 11.6 Å². The summed E-state index contributed by atoms with van der Waals surface area (Å²) in [5.41, 5.74) is 0.451. The molecular weight excluding hydrogens is 310 g/mol. The first kappa shape index (κ1) is 14.1. The van der Waals surface area contributed by atoms with Crippen LogP contribution in [0.5, 0.6) is 0 Å². The molecule has 0 bridgehead atoms. The Labute approximate surface area is 128 Å². The van der Waals surface area contributed by atoms with Crippen molar-refractivity contribution in [2.45, 2.75) is 0 Å². The summed E-state index contributed by atoms with van der Waals surface area (Å²) in [6.07, 6.45) is 3.16. The van der Waals surface area contributed by atoms with Gasteiger partial charge in [0.15, 0.2) is 0 Å². The second kappa shape index (κ2) is 5.50. The third kappa shape index (κ3) is 2.77. The van der Waals surface area contributed by atoms with E-state index >= 15 is 0 Å². The van der Waals surface area contributed by atoms with E-state index in [2.05, 4.69) is 0 Å². The first-order chi connectivity index (χ1) is 10.5. The van der Waals surface area contributed by atoms with Crippen molar-refractivity contribution in [3.63, 3.8) is 0 Å². The number of furan rings is 1. The van der Waals surface area contributed by atoms with Crippen molar-refractivity contribution in [1.82, 2.24) is 0 Å². The highest BCUT2D eigenvalue weighted by Crippen LogP contribution is 2.23. The van der Waals surface area contributed by atoms with Crippen molar-refractivity contribution in [3.8, 4) is 0 Å². The fourth-order valence-corrected chi connectivity index (χ4v) is 2.16. The number of rotatable bonds is 3. The highest BCUT2D eigenvalue weighted by atomic mass is 35.5. The molecule has 0 aliphatic carbocycles. The molecule has 110 valence electrons. The Balaban J connectivity index is 2.04. The van der Waals surface area contributed by atoms with Crippen LogP contribution in [0.4, 0.5) is 5.88 Å². The molecule has 0 aliphatic rings. The van der Waals surface area contributed by atoms with Gasteiger partial charge in [0.1, 0.15) is 16.3 Å². The number of halogens is 1. The lowest BCUT2D eigenvalue weighted by Crippen LogP contribution is -1.97. The molecule has 0 fully saturated rings. The summed E-state index contributed by atoms with van der Waals surface area (Å²) >= 11 is 5.87. The summed E-state index contributed by atoms with van der Waals surface area (Å²) in [5, 5.41) is 11.7. The first-order valence-electron chi connectivity index (χ1n) is 6.19. The molecule has 0 N–H and O–H groups in total. The van der Waals surface area contributed by atoms with E-state index in [0.29, 0.717) is 27.3 Å². The summed E-state index contributed by atoms with van der Waals surface area (Å²) in [7, 11) is 0. The monoisotopic (exact) mass is 317 g/mol. The fourth-order valence-electron chi connectivity index (χ4n) is 2.00. The Morgan fingerprint density at radius 1 is 1.09 bits per heavy atom. The first-order valence-corrected chi connectivity index (χ1v) is 6.56. The van der Waals surface area contributed by atoms with Gasteiger partial charge in [-0.25, -0.2) is 4.79 Å². The van der Waals surface area contributed by atoms with Gasteiger partial charge in [0.25, 0.3) is 0 Å². The predicted octanol–water partition coefficient (Wildman–Crippen LogP) is 4.12. The van der Waals surface area contributed by atoms with Crippen LogP contribution in [0.15, 0.2) is 50.0 Å². The van der Waals surface area contributed by atoms with Gasteiger partial charge in [-0.15, -0.1) is 0 Å². The summed E-state index contributed by atoms with van der Waals surface area (Å²) in [6, 6.07) is 9.01. The van der Waals surface area contributed by atoms with Gasteiger partial charge in [-0.2, -0.15) is 0 Å². The topological polar surface area (TPSA) is 86.5 Å². The van der Waals surface area contributed by atoms with E-state index in [9.17, 15) is 14.9 Å².